The van der Waals surface area contributed by atoms with E-state index in [4.69, 9.17) is 0 Å². The zero-order valence-electron chi connectivity index (χ0n) is 14.9. The summed E-state index contributed by atoms with van der Waals surface area (Å²) in [5, 5.41) is 0. The van der Waals surface area contributed by atoms with Crippen molar-refractivity contribution in [2.24, 2.45) is 0 Å². The number of amides is 1. The lowest BCUT2D eigenvalue weighted by molar-refractivity contribution is 0.0958. The fourth-order valence-electron chi connectivity index (χ4n) is 4.20. The Hall–Kier alpha value is -2.41. The Balaban J connectivity index is 1.83. The molecule has 0 aliphatic carbocycles. The summed E-state index contributed by atoms with van der Waals surface area (Å²) >= 11 is 0. The largest absolute Gasteiger partial charge is 0.306 e. The van der Waals surface area contributed by atoms with Gasteiger partial charge in [-0.2, -0.15) is 0 Å². The third-order valence-corrected chi connectivity index (χ3v) is 5.50. The summed E-state index contributed by atoms with van der Waals surface area (Å²) in [6.07, 6.45) is 0.647. The number of nitrogens with zero attached hydrogens (tertiary/aromatic N) is 2. The molecule has 2 heterocycles. The molecule has 0 bridgehead atoms. The van der Waals surface area contributed by atoms with Crippen LogP contribution in [0.25, 0.3) is 0 Å². The van der Waals surface area contributed by atoms with Crippen molar-refractivity contribution >= 4 is 11.6 Å². The van der Waals surface area contributed by atoms with E-state index in [0.717, 1.165) is 24.2 Å². The monoisotopic (exact) mass is 378 g/mol. The van der Waals surface area contributed by atoms with Gasteiger partial charge in [0.2, 0.25) is 0 Å². The van der Waals surface area contributed by atoms with Gasteiger partial charge < -0.3 is 9.80 Å². The van der Waals surface area contributed by atoms with Crippen LogP contribution in [0, 0.1) is 30.2 Å². The smallest absolute Gasteiger partial charge is 0.261 e. The quantitative estimate of drug-likeness (QED) is 0.426. The number of anilines is 1. The summed E-state index contributed by atoms with van der Waals surface area (Å²) in [5.41, 5.74) is 1.81. The number of likely N-dealkylation sites (tertiary alicyclic amines) is 1. The molecule has 3 nitrogen and oxygen atoms in total. The molecule has 0 saturated carbocycles. The van der Waals surface area contributed by atoms with Gasteiger partial charge in [0.1, 0.15) is 0 Å². The van der Waals surface area contributed by atoms with Crippen molar-refractivity contribution in [1.29, 1.82) is 0 Å². The Labute approximate surface area is 154 Å². The molecule has 2 aliphatic rings. The predicted molar refractivity (Wildman–Crippen MR) is 92.9 cm³/mol. The first kappa shape index (κ1) is 18.0. The number of piperidine rings is 1. The maximum Gasteiger partial charge on any atom is 0.261 e. The number of halogens is 4. The van der Waals surface area contributed by atoms with E-state index >= 15 is 0 Å². The summed E-state index contributed by atoms with van der Waals surface area (Å²) in [6, 6.07) is 5.80. The van der Waals surface area contributed by atoms with Gasteiger partial charge in [-0.1, -0.05) is 17.7 Å². The zero-order valence-corrected chi connectivity index (χ0v) is 14.9. The molecule has 2 aromatic rings. The van der Waals surface area contributed by atoms with Crippen LogP contribution < -0.4 is 4.90 Å². The van der Waals surface area contributed by atoms with E-state index in [1.54, 1.807) is 6.07 Å². The van der Waals surface area contributed by atoms with E-state index in [1.807, 2.05) is 26.1 Å². The molecule has 4 rings (SSSR count). The van der Waals surface area contributed by atoms with Crippen molar-refractivity contribution in [3.05, 3.63) is 64.2 Å². The number of likely N-dealkylation sites (N-methyl/N-ethyl adjacent to an activating group) is 1. The van der Waals surface area contributed by atoms with Gasteiger partial charge in [-0.25, -0.2) is 17.6 Å². The third-order valence-electron chi connectivity index (χ3n) is 5.50. The number of benzene rings is 2. The lowest BCUT2D eigenvalue weighted by atomic mass is 9.88. The SMILES string of the molecule is Cc1ccc2c(c1)C1CN(C)CCC1N2C(=O)c1cc(F)c(F)c(F)c1F. The maximum absolute atomic E-state index is 14.2. The number of hydrogen-bond acceptors (Lipinski definition) is 2. The second-order valence-corrected chi connectivity index (χ2v) is 7.31. The lowest BCUT2D eigenvalue weighted by Gasteiger charge is -2.36. The van der Waals surface area contributed by atoms with Crippen molar-refractivity contribution in [2.75, 3.05) is 25.0 Å². The van der Waals surface area contributed by atoms with E-state index in [9.17, 15) is 22.4 Å². The first-order chi connectivity index (χ1) is 12.8. The molecule has 0 radical (unpaired) electrons. The number of aryl methyl sites for hydroxylation is 1. The second-order valence-electron chi connectivity index (χ2n) is 7.31. The summed E-state index contributed by atoms with van der Waals surface area (Å²) < 4.78 is 54.8. The van der Waals surface area contributed by atoms with Gasteiger partial charge in [-0.3, -0.25) is 4.79 Å². The summed E-state index contributed by atoms with van der Waals surface area (Å²) in [7, 11) is 1.99. The van der Waals surface area contributed by atoms with Crippen molar-refractivity contribution in [1.82, 2.24) is 4.90 Å². The van der Waals surface area contributed by atoms with Crippen LogP contribution in [0.1, 0.15) is 33.8 Å². The van der Waals surface area contributed by atoms with Gasteiger partial charge in [0.15, 0.2) is 23.3 Å². The highest BCUT2D eigenvalue weighted by molar-refractivity contribution is 6.08. The number of fused-ring (bicyclic) bond motifs is 3. The van der Waals surface area contributed by atoms with Crippen molar-refractivity contribution in [3.63, 3.8) is 0 Å². The average Bonchev–Trinajstić information content (AvgIpc) is 2.95. The first-order valence-corrected chi connectivity index (χ1v) is 8.75. The molecule has 2 unspecified atom stereocenters. The number of rotatable bonds is 1. The molecule has 7 heteroatoms. The van der Waals surface area contributed by atoms with Crippen LogP contribution in [0.5, 0.6) is 0 Å². The fraction of sp³-hybridized carbons (Fsp3) is 0.350. The maximum atomic E-state index is 14.2. The van der Waals surface area contributed by atoms with Gasteiger partial charge in [0, 0.05) is 24.2 Å². The van der Waals surface area contributed by atoms with Gasteiger partial charge in [0.25, 0.3) is 5.91 Å². The minimum atomic E-state index is -1.97. The minimum absolute atomic E-state index is 0.0285. The van der Waals surface area contributed by atoms with Gasteiger partial charge in [0.05, 0.1) is 5.56 Å². The molecular weight excluding hydrogens is 360 g/mol. The van der Waals surface area contributed by atoms with E-state index in [0.29, 0.717) is 18.2 Å². The van der Waals surface area contributed by atoms with Crippen LogP contribution in [-0.4, -0.2) is 37.0 Å². The molecule has 1 amide bonds. The van der Waals surface area contributed by atoms with Crippen LogP contribution in [0.4, 0.5) is 23.2 Å². The van der Waals surface area contributed by atoms with Crippen LogP contribution >= 0.6 is 0 Å². The van der Waals surface area contributed by atoms with Crippen molar-refractivity contribution in [2.45, 2.75) is 25.3 Å². The van der Waals surface area contributed by atoms with E-state index in [-0.39, 0.29) is 12.0 Å². The fourth-order valence-corrected chi connectivity index (χ4v) is 4.20. The molecular formula is C20H18F4N2O. The standard InChI is InChI=1S/C20H18F4N2O/c1-10-3-4-15-11(7-10)13-9-25(2)6-5-16(13)26(15)20(27)12-8-14(21)18(23)19(24)17(12)22/h3-4,7-8,13,16H,5-6,9H2,1-2H3. The number of carbonyl (C=O) groups excluding carboxylic acids is 1. The molecule has 0 spiro atoms. The van der Waals surface area contributed by atoms with E-state index in [2.05, 4.69) is 4.90 Å². The molecule has 2 atom stereocenters. The Kier molecular flexibility index (Phi) is 4.22. The highest BCUT2D eigenvalue weighted by Gasteiger charge is 2.45. The Morgan fingerprint density at radius 1 is 1.07 bits per heavy atom. The number of carbonyl (C=O) groups is 1. The van der Waals surface area contributed by atoms with Crippen LogP contribution in [0.2, 0.25) is 0 Å². The third kappa shape index (κ3) is 2.72. The molecule has 1 saturated heterocycles. The molecule has 142 valence electrons. The highest BCUT2D eigenvalue weighted by atomic mass is 19.2. The van der Waals surface area contributed by atoms with Crippen LogP contribution in [0.15, 0.2) is 24.3 Å². The van der Waals surface area contributed by atoms with Gasteiger partial charge in [-0.05, 0) is 44.6 Å². The Morgan fingerprint density at radius 3 is 2.56 bits per heavy atom. The summed E-state index contributed by atoms with van der Waals surface area (Å²) in [6.45, 7) is 3.41. The van der Waals surface area contributed by atoms with Crippen LogP contribution in [0.3, 0.4) is 0 Å². The van der Waals surface area contributed by atoms with E-state index < -0.39 is 34.7 Å². The normalized spacial score (nSPS) is 21.9. The van der Waals surface area contributed by atoms with E-state index in [1.165, 1.54) is 4.90 Å². The van der Waals surface area contributed by atoms with Crippen molar-refractivity contribution < 1.29 is 22.4 Å². The topological polar surface area (TPSA) is 23.6 Å². The lowest BCUT2D eigenvalue weighted by Crippen LogP contribution is -2.47. The Morgan fingerprint density at radius 2 is 1.81 bits per heavy atom. The molecule has 1 fully saturated rings. The zero-order chi connectivity index (χ0) is 19.5. The number of hydrogen-bond donors (Lipinski definition) is 0. The summed E-state index contributed by atoms with van der Waals surface area (Å²) in [5.74, 6) is -7.96. The van der Waals surface area contributed by atoms with Crippen molar-refractivity contribution in [3.8, 4) is 0 Å². The summed E-state index contributed by atoms with van der Waals surface area (Å²) in [4.78, 5) is 16.7. The predicted octanol–water partition coefficient (Wildman–Crippen LogP) is 4.00. The molecule has 0 aromatic heterocycles. The minimum Gasteiger partial charge on any atom is -0.306 e. The Bertz CT molecular complexity index is 946. The average molecular weight is 378 g/mol. The molecule has 27 heavy (non-hydrogen) atoms. The van der Waals surface area contributed by atoms with Gasteiger partial charge in [-0.15, -0.1) is 0 Å². The van der Waals surface area contributed by atoms with Crippen LogP contribution in [-0.2, 0) is 0 Å². The highest BCUT2D eigenvalue weighted by Crippen LogP contribution is 2.45. The molecule has 2 aliphatic heterocycles. The second kappa shape index (κ2) is 6.34. The first-order valence-electron chi connectivity index (χ1n) is 8.75. The van der Waals surface area contributed by atoms with Gasteiger partial charge >= 0.3 is 0 Å². The molecule has 2 aromatic carbocycles. The molecule has 0 N–H and O–H groups in total.